The average Bonchev–Trinajstić information content (AvgIpc) is 2.49. The molecule has 3 N–H and O–H groups in total. The molecule has 1 aliphatic rings. The molecule has 4 heteroatoms. The van der Waals surface area contributed by atoms with Crippen LogP contribution in [0.5, 0.6) is 0 Å². The number of nitrogens with one attached hydrogen (secondary N) is 1. The lowest BCUT2D eigenvalue weighted by Crippen LogP contribution is -2.50. The van der Waals surface area contributed by atoms with E-state index < -0.39 is 0 Å². The maximum atomic E-state index is 10.9. The van der Waals surface area contributed by atoms with Crippen molar-refractivity contribution in [2.45, 2.75) is 37.6 Å². The van der Waals surface area contributed by atoms with Crippen LogP contribution < -0.4 is 11.1 Å². The van der Waals surface area contributed by atoms with E-state index in [0.717, 1.165) is 25.8 Å². The molecule has 0 heterocycles. The third kappa shape index (κ3) is 3.18. The summed E-state index contributed by atoms with van der Waals surface area (Å²) in [4.78, 5) is 13.0. The first-order chi connectivity index (χ1) is 6.54. The van der Waals surface area contributed by atoms with E-state index in [1.807, 2.05) is 14.1 Å². The Hall–Kier alpha value is -0.770. The van der Waals surface area contributed by atoms with Crippen molar-refractivity contribution in [1.29, 1.82) is 0 Å². The second-order valence-corrected chi connectivity index (χ2v) is 4.53. The highest BCUT2D eigenvalue weighted by Crippen LogP contribution is 2.32. The molecule has 0 aliphatic heterocycles. The molecule has 0 saturated heterocycles. The summed E-state index contributed by atoms with van der Waals surface area (Å²) < 4.78 is 0. The van der Waals surface area contributed by atoms with Gasteiger partial charge in [0.2, 0.25) is 0 Å². The Bertz CT molecular complexity index is 198. The monoisotopic (exact) mass is 199 g/mol. The summed E-state index contributed by atoms with van der Waals surface area (Å²) in [6.45, 7) is 1.00. The van der Waals surface area contributed by atoms with Crippen molar-refractivity contribution < 1.29 is 4.79 Å². The first-order valence-corrected chi connectivity index (χ1v) is 5.26. The Morgan fingerprint density at radius 1 is 1.43 bits per heavy atom. The van der Waals surface area contributed by atoms with Crippen molar-refractivity contribution in [3.63, 3.8) is 0 Å². The minimum Gasteiger partial charge on any atom is -0.352 e. The lowest BCUT2D eigenvalue weighted by atomic mass is 9.93. The zero-order valence-electron chi connectivity index (χ0n) is 9.18. The van der Waals surface area contributed by atoms with Gasteiger partial charge in [-0.1, -0.05) is 12.8 Å². The van der Waals surface area contributed by atoms with Crippen molar-refractivity contribution in [2.24, 2.45) is 5.73 Å². The number of amides is 2. The molecule has 2 amide bonds. The van der Waals surface area contributed by atoms with Crippen LogP contribution in [0.4, 0.5) is 4.79 Å². The average molecular weight is 199 g/mol. The van der Waals surface area contributed by atoms with Gasteiger partial charge < -0.3 is 16.0 Å². The standard InChI is InChI=1S/C10H21N3O/c1-13(2)8-7-10(12-9(11)14)5-3-4-6-10/h3-8H2,1-2H3,(H3,11,12,14). The summed E-state index contributed by atoms with van der Waals surface area (Å²) >= 11 is 0. The van der Waals surface area contributed by atoms with Crippen molar-refractivity contribution in [1.82, 2.24) is 10.2 Å². The van der Waals surface area contributed by atoms with E-state index in [9.17, 15) is 4.79 Å². The normalized spacial score (nSPS) is 19.9. The van der Waals surface area contributed by atoms with E-state index in [1.165, 1.54) is 12.8 Å². The van der Waals surface area contributed by atoms with Gasteiger partial charge in [0.05, 0.1) is 0 Å². The quantitative estimate of drug-likeness (QED) is 0.707. The third-order valence-corrected chi connectivity index (χ3v) is 2.99. The van der Waals surface area contributed by atoms with Crippen LogP contribution in [0.15, 0.2) is 0 Å². The van der Waals surface area contributed by atoms with Crippen LogP contribution in [-0.4, -0.2) is 37.1 Å². The van der Waals surface area contributed by atoms with Crippen LogP contribution in [0.2, 0.25) is 0 Å². The maximum Gasteiger partial charge on any atom is 0.312 e. The molecule has 0 aromatic carbocycles. The fourth-order valence-electron chi connectivity index (χ4n) is 2.19. The molecule has 82 valence electrons. The molecule has 1 saturated carbocycles. The number of carbonyl (C=O) groups is 1. The number of hydrogen-bond donors (Lipinski definition) is 2. The van der Waals surface area contributed by atoms with E-state index in [0.29, 0.717) is 0 Å². The predicted octanol–water partition coefficient (Wildman–Crippen LogP) is 0.919. The van der Waals surface area contributed by atoms with Crippen LogP contribution >= 0.6 is 0 Å². The van der Waals surface area contributed by atoms with E-state index in [-0.39, 0.29) is 11.6 Å². The molecule has 0 atom stereocenters. The molecule has 0 radical (unpaired) electrons. The number of nitrogens with two attached hydrogens (primary N) is 1. The minimum absolute atomic E-state index is 0.0178. The molecule has 0 bridgehead atoms. The molecule has 1 rings (SSSR count). The van der Waals surface area contributed by atoms with Gasteiger partial charge in [0.1, 0.15) is 0 Å². The molecule has 14 heavy (non-hydrogen) atoms. The maximum absolute atomic E-state index is 10.9. The highest BCUT2D eigenvalue weighted by Gasteiger charge is 2.34. The minimum atomic E-state index is -0.384. The van der Waals surface area contributed by atoms with Crippen LogP contribution in [0, 0.1) is 0 Å². The van der Waals surface area contributed by atoms with Crippen LogP contribution in [0.3, 0.4) is 0 Å². The Morgan fingerprint density at radius 2 is 2.00 bits per heavy atom. The largest absolute Gasteiger partial charge is 0.352 e. The summed E-state index contributed by atoms with van der Waals surface area (Å²) in [5.74, 6) is 0. The molecular weight excluding hydrogens is 178 g/mol. The van der Waals surface area contributed by atoms with Crippen molar-refractivity contribution in [3.05, 3.63) is 0 Å². The Labute approximate surface area is 85.8 Å². The van der Waals surface area contributed by atoms with E-state index in [1.54, 1.807) is 0 Å². The summed E-state index contributed by atoms with van der Waals surface area (Å²) in [6.07, 6.45) is 5.55. The zero-order valence-corrected chi connectivity index (χ0v) is 9.18. The Kier molecular flexibility index (Phi) is 3.75. The molecule has 0 aromatic heterocycles. The first kappa shape index (κ1) is 11.3. The molecular formula is C10H21N3O. The smallest absolute Gasteiger partial charge is 0.312 e. The lowest BCUT2D eigenvalue weighted by Gasteiger charge is -2.30. The van der Waals surface area contributed by atoms with Crippen molar-refractivity contribution >= 4 is 6.03 Å². The van der Waals surface area contributed by atoms with Gasteiger partial charge in [0, 0.05) is 5.54 Å². The number of nitrogens with zero attached hydrogens (tertiary/aromatic N) is 1. The summed E-state index contributed by atoms with van der Waals surface area (Å²) in [6, 6.07) is -0.384. The molecule has 1 aliphatic carbocycles. The van der Waals surface area contributed by atoms with Gasteiger partial charge in [0.25, 0.3) is 0 Å². The fourth-order valence-corrected chi connectivity index (χ4v) is 2.19. The summed E-state index contributed by atoms with van der Waals surface area (Å²) in [5.41, 5.74) is 5.18. The molecule has 1 fully saturated rings. The van der Waals surface area contributed by atoms with Crippen LogP contribution in [0.25, 0.3) is 0 Å². The van der Waals surface area contributed by atoms with E-state index >= 15 is 0 Å². The molecule has 4 nitrogen and oxygen atoms in total. The second-order valence-electron chi connectivity index (χ2n) is 4.53. The van der Waals surface area contributed by atoms with Crippen LogP contribution in [0.1, 0.15) is 32.1 Å². The van der Waals surface area contributed by atoms with Gasteiger partial charge in [-0.25, -0.2) is 4.79 Å². The predicted molar refractivity (Wildman–Crippen MR) is 57.1 cm³/mol. The van der Waals surface area contributed by atoms with Gasteiger partial charge >= 0.3 is 6.03 Å². The van der Waals surface area contributed by atoms with Gasteiger partial charge in [0.15, 0.2) is 0 Å². The zero-order chi connectivity index (χ0) is 10.6. The SMILES string of the molecule is CN(C)CCC1(NC(N)=O)CCCC1. The number of primary amides is 1. The van der Waals surface area contributed by atoms with E-state index in [2.05, 4.69) is 10.2 Å². The summed E-state index contributed by atoms with van der Waals surface area (Å²) in [5, 5.41) is 2.92. The van der Waals surface area contributed by atoms with Gasteiger partial charge in [-0.3, -0.25) is 0 Å². The van der Waals surface area contributed by atoms with Crippen molar-refractivity contribution in [3.8, 4) is 0 Å². The van der Waals surface area contributed by atoms with Gasteiger partial charge in [-0.2, -0.15) is 0 Å². The Balaban J connectivity index is 2.48. The number of hydrogen-bond acceptors (Lipinski definition) is 2. The number of urea groups is 1. The van der Waals surface area contributed by atoms with Crippen molar-refractivity contribution in [2.75, 3.05) is 20.6 Å². The number of rotatable bonds is 4. The Morgan fingerprint density at radius 3 is 2.43 bits per heavy atom. The highest BCUT2D eigenvalue weighted by atomic mass is 16.2. The van der Waals surface area contributed by atoms with Crippen LogP contribution in [-0.2, 0) is 0 Å². The van der Waals surface area contributed by atoms with Gasteiger partial charge in [-0.05, 0) is 39.9 Å². The fraction of sp³-hybridized carbons (Fsp3) is 0.900. The highest BCUT2D eigenvalue weighted by molar-refractivity contribution is 5.72. The molecule has 0 spiro atoms. The first-order valence-electron chi connectivity index (χ1n) is 5.26. The third-order valence-electron chi connectivity index (χ3n) is 2.99. The number of carbonyl (C=O) groups excluding carboxylic acids is 1. The van der Waals surface area contributed by atoms with Gasteiger partial charge in [-0.15, -0.1) is 0 Å². The second kappa shape index (κ2) is 4.64. The summed E-state index contributed by atoms with van der Waals surface area (Å²) in [7, 11) is 4.10. The molecule has 0 aromatic rings. The lowest BCUT2D eigenvalue weighted by molar-refractivity contribution is 0.223. The van der Waals surface area contributed by atoms with E-state index in [4.69, 9.17) is 5.73 Å². The topological polar surface area (TPSA) is 58.4 Å². The molecule has 0 unspecified atom stereocenters.